The zero-order valence-electron chi connectivity index (χ0n) is 24.2. The average Bonchev–Trinajstić information content (AvgIpc) is 3.39. The van der Waals surface area contributed by atoms with Gasteiger partial charge in [0.05, 0.1) is 24.5 Å². The summed E-state index contributed by atoms with van der Waals surface area (Å²) in [5.41, 5.74) is 5.81. The maximum Gasteiger partial charge on any atom is 0.407 e. The number of aromatic nitrogens is 1. The molecule has 9 nitrogen and oxygen atoms in total. The van der Waals surface area contributed by atoms with Crippen LogP contribution in [-0.2, 0) is 22.6 Å². The predicted molar refractivity (Wildman–Crippen MR) is 169 cm³/mol. The number of H-pyrrole nitrogens is 1. The monoisotopic (exact) mass is 624 g/mol. The molecule has 0 aliphatic heterocycles. The predicted octanol–water partition coefficient (Wildman–Crippen LogP) is 6.90. The van der Waals surface area contributed by atoms with Crippen molar-refractivity contribution in [1.29, 1.82) is 0 Å². The maximum absolute atomic E-state index is 13.2. The van der Waals surface area contributed by atoms with E-state index in [1.165, 1.54) is 6.21 Å². The normalized spacial score (nSPS) is 12.0. The molecule has 1 aromatic heterocycles. The highest BCUT2D eigenvalue weighted by Crippen LogP contribution is 2.37. The van der Waals surface area contributed by atoms with Crippen molar-refractivity contribution in [1.82, 2.24) is 15.7 Å². The zero-order chi connectivity index (χ0) is 30.8. The molecule has 226 valence electrons. The van der Waals surface area contributed by atoms with Gasteiger partial charge in [0.25, 0.3) is 5.91 Å². The Morgan fingerprint density at radius 3 is 2.56 bits per heavy atom. The van der Waals surface area contributed by atoms with E-state index in [9.17, 15) is 9.59 Å². The average molecular weight is 626 g/mol. The first-order chi connectivity index (χ1) is 20.7. The Bertz CT molecular complexity index is 1570. The Balaban J connectivity index is 1.47. The number of nitrogens with zero attached hydrogens (tertiary/aromatic N) is 1. The minimum absolute atomic E-state index is 0.152. The Labute approximate surface area is 260 Å². The number of hydrogen-bond acceptors (Lipinski definition) is 6. The van der Waals surface area contributed by atoms with E-state index in [-0.39, 0.29) is 25.6 Å². The lowest BCUT2D eigenvalue weighted by Crippen LogP contribution is -2.47. The molecule has 0 radical (unpaired) electrons. The first kappa shape index (κ1) is 31.7. The van der Waals surface area contributed by atoms with Crippen molar-refractivity contribution in [2.24, 2.45) is 11.0 Å². The number of halogens is 2. The fourth-order valence-corrected chi connectivity index (χ4v) is 4.61. The lowest BCUT2D eigenvalue weighted by atomic mass is 10.0. The summed E-state index contributed by atoms with van der Waals surface area (Å²) in [6.07, 6.45) is 2.81. The Morgan fingerprint density at radius 2 is 1.81 bits per heavy atom. The summed E-state index contributed by atoms with van der Waals surface area (Å²) in [6, 6.07) is 17.5. The molecule has 0 spiro atoms. The quantitative estimate of drug-likeness (QED) is 0.111. The number of rotatable bonds is 13. The smallest absolute Gasteiger partial charge is 0.407 e. The van der Waals surface area contributed by atoms with Crippen molar-refractivity contribution >= 4 is 52.3 Å². The van der Waals surface area contributed by atoms with E-state index in [1.54, 1.807) is 24.3 Å². The van der Waals surface area contributed by atoms with E-state index < -0.39 is 18.0 Å². The second-order valence-corrected chi connectivity index (χ2v) is 11.0. The third kappa shape index (κ3) is 9.14. The summed E-state index contributed by atoms with van der Waals surface area (Å²) < 4.78 is 17.0. The molecule has 0 saturated heterocycles. The number of alkyl carbamates (subject to hydrolysis) is 1. The molecule has 3 aromatic carbocycles. The van der Waals surface area contributed by atoms with Crippen LogP contribution in [0.3, 0.4) is 0 Å². The van der Waals surface area contributed by atoms with Crippen molar-refractivity contribution in [2.75, 3.05) is 13.2 Å². The summed E-state index contributed by atoms with van der Waals surface area (Å²) >= 11 is 12.5. The summed E-state index contributed by atoms with van der Waals surface area (Å²) in [5, 5.41) is 8.70. The summed E-state index contributed by atoms with van der Waals surface area (Å²) in [7, 11) is 0. The van der Waals surface area contributed by atoms with Crippen LogP contribution in [-0.4, -0.2) is 42.5 Å². The number of amides is 2. The van der Waals surface area contributed by atoms with Crippen molar-refractivity contribution in [3.8, 4) is 11.5 Å². The molecule has 2 amide bonds. The number of hydrazone groups is 1. The van der Waals surface area contributed by atoms with Gasteiger partial charge in [-0.25, -0.2) is 10.2 Å². The Morgan fingerprint density at radius 1 is 1.05 bits per heavy atom. The number of para-hydroxylation sites is 1. The van der Waals surface area contributed by atoms with E-state index in [0.29, 0.717) is 33.7 Å². The van der Waals surface area contributed by atoms with Gasteiger partial charge in [-0.2, -0.15) is 5.10 Å². The van der Waals surface area contributed by atoms with E-state index in [1.807, 2.05) is 63.4 Å². The number of ether oxygens (including phenoxy) is 3. The highest BCUT2D eigenvalue weighted by Gasteiger charge is 2.23. The standard InChI is InChI=1S/C32H34Cl2N4O5/c1-4-41-29-14-22(13-26(34)30(29)42-19-21-9-11-24(33)12-10-21)16-36-38-31(39)28(37-32(40)43-18-20(2)3)15-23-17-35-27-8-6-5-7-25(23)27/h5-14,16-17,20,28,35H,4,15,18-19H2,1-3H3,(H,37,40)(H,38,39)/b36-16-/t28-/m0/s1. The van der Waals surface area contributed by atoms with Crippen molar-refractivity contribution in [2.45, 2.75) is 39.8 Å². The number of benzene rings is 3. The fraction of sp³-hybridized carbons (Fsp3) is 0.281. The van der Waals surface area contributed by atoms with Crippen LogP contribution in [0.2, 0.25) is 10.0 Å². The van der Waals surface area contributed by atoms with Gasteiger partial charge in [-0.05, 0) is 59.9 Å². The zero-order valence-corrected chi connectivity index (χ0v) is 25.7. The van der Waals surface area contributed by atoms with Gasteiger partial charge in [0, 0.05) is 28.5 Å². The summed E-state index contributed by atoms with van der Waals surface area (Å²) in [6.45, 7) is 6.60. The van der Waals surface area contributed by atoms with Gasteiger partial charge < -0.3 is 24.5 Å². The summed E-state index contributed by atoms with van der Waals surface area (Å²) in [4.78, 5) is 28.9. The third-order valence-corrected chi connectivity index (χ3v) is 6.80. The number of carbonyl (C=O) groups excluding carboxylic acids is 2. The molecule has 11 heteroatoms. The van der Waals surface area contributed by atoms with E-state index in [0.717, 1.165) is 22.0 Å². The number of carbonyl (C=O) groups is 2. The molecule has 43 heavy (non-hydrogen) atoms. The first-order valence-corrected chi connectivity index (χ1v) is 14.6. The van der Waals surface area contributed by atoms with Crippen LogP contribution in [0.25, 0.3) is 10.9 Å². The highest BCUT2D eigenvalue weighted by atomic mass is 35.5. The molecular weight excluding hydrogens is 591 g/mol. The van der Waals surface area contributed by atoms with Gasteiger partial charge in [0.2, 0.25) is 0 Å². The molecule has 0 unspecified atom stereocenters. The van der Waals surface area contributed by atoms with Gasteiger partial charge >= 0.3 is 6.09 Å². The van der Waals surface area contributed by atoms with Gasteiger partial charge in [0.15, 0.2) is 11.5 Å². The van der Waals surface area contributed by atoms with Crippen LogP contribution in [0.15, 0.2) is 72.0 Å². The largest absolute Gasteiger partial charge is 0.490 e. The SMILES string of the molecule is CCOc1cc(/C=N\NC(=O)[C@H](Cc2c[nH]c3ccccc23)NC(=O)OCC(C)C)cc(Cl)c1OCc1ccc(Cl)cc1. The Hall–Kier alpha value is -4.21. The molecule has 3 N–H and O–H groups in total. The number of fused-ring (bicyclic) bond motifs is 1. The van der Waals surface area contributed by atoms with Crippen LogP contribution >= 0.6 is 23.2 Å². The third-order valence-electron chi connectivity index (χ3n) is 6.27. The van der Waals surface area contributed by atoms with Crippen LogP contribution in [0.1, 0.15) is 37.5 Å². The molecule has 4 rings (SSSR count). The number of aromatic amines is 1. The molecule has 0 aliphatic rings. The van der Waals surface area contributed by atoms with Crippen molar-refractivity contribution in [3.63, 3.8) is 0 Å². The number of nitrogens with one attached hydrogen (secondary N) is 3. The molecule has 0 fully saturated rings. The van der Waals surface area contributed by atoms with Gasteiger partial charge in [-0.15, -0.1) is 0 Å². The molecular formula is C32H34Cl2N4O5. The minimum atomic E-state index is -0.942. The maximum atomic E-state index is 13.2. The molecule has 1 atom stereocenters. The second-order valence-electron chi connectivity index (χ2n) is 10.2. The summed E-state index contributed by atoms with van der Waals surface area (Å²) in [5.74, 6) is 0.465. The van der Waals surface area contributed by atoms with Crippen LogP contribution in [0, 0.1) is 5.92 Å². The van der Waals surface area contributed by atoms with Crippen molar-refractivity contribution < 1.29 is 23.8 Å². The van der Waals surface area contributed by atoms with Gasteiger partial charge in [-0.1, -0.05) is 67.4 Å². The van der Waals surface area contributed by atoms with E-state index in [2.05, 4.69) is 20.8 Å². The molecule has 1 heterocycles. The lowest BCUT2D eigenvalue weighted by molar-refractivity contribution is -0.123. The lowest BCUT2D eigenvalue weighted by Gasteiger charge is -2.17. The minimum Gasteiger partial charge on any atom is -0.490 e. The van der Waals surface area contributed by atoms with Gasteiger partial charge in [0.1, 0.15) is 12.6 Å². The van der Waals surface area contributed by atoms with Crippen LogP contribution in [0.5, 0.6) is 11.5 Å². The van der Waals surface area contributed by atoms with Crippen LogP contribution < -0.4 is 20.2 Å². The van der Waals surface area contributed by atoms with Crippen molar-refractivity contribution in [3.05, 3.63) is 93.6 Å². The molecule has 0 aliphatic carbocycles. The number of hydrogen-bond donors (Lipinski definition) is 3. The molecule has 0 saturated carbocycles. The van der Waals surface area contributed by atoms with Gasteiger partial charge in [-0.3, -0.25) is 4.79 Å². The van der Waals surface area contributed by atoms with E-state index in [4.69, 9.17) is 37.4 Å². The highest BCUT2D eigenvalue weighted by molar-refractivity contribution is 6.32. The topological polar surface area (TPSA) is 114 Å². The molecule has 0 bridgehead atoms. The first-order valence-electron chi connectivity index (χ1n) is 13.9. The second kappa shape index (κ2) is 15.3. The Kier molecular flexibility index (Phi) is 11.3. The van der Waals surface area contributed by atoms with Crippen LogP contribution in [0.4, 0.5) is 4.79 Å². The molecule has 4 aromatic rings. The van der Waals surface area contributed by atoms with E-state index >= 15 is 0 Å². The fourth-order valence-electron chi connectivity index (χ4n) is 4.21.